The first-order valence-corrected chi connectivity index (χ1v) is 9.20. The van der Waals surface area contributed by atoms with Crippen molar-refractivity contribution in [2.45, 2.75) is 19.9 Å². The number of hydrogen-bond donors (Lipinski definition) is 2. The van der Waals surface area contributed by atoms with Crippen LogP contribution in [0.25, 0.3) is 11.5 Å². The SMILES string of the molecule is CC(=O)NCc1ccc(-c2csc(NC(=O)Cc3c(F)cccc3Cl)n2)o1. The lowest BCUT2D eigenvalue weighted by Crippen LogP contribution is -2.18. The zero-order valence-electron chi connectivity index (χ0n) is 14.2. The van der Waals surface area contributed by atoms with Crippen LogP contribution in [0.4, 0.5) is 9.52 Å². The third-order valence-corrected chi connectivity index (χ3v) is 4.69. The van der Waals surface area contributed by atoms with E-state index in [-0.39, 0.29) is 29.5 Å². The summed E-state index contributed by atoms with van der Waals surface area (Å²) in [4.78, 5) is 27.4. The Balaban J connectivity index is 1.64. The third-order valence-electron chi connectivity index (χ3n) is 3.58. The summed E-state index contributed by atoms with van der Waals surface area (Å²) in [7, 11) is 0. The van der Waals surface area contributed by atoms with Crippen LogP contribution in [0.2, 0.25) is 5.02 Å². The summed E-state index contributed by atoms with van der Waals surface area (Å²) in [6.07, 6.45) is -0.192. The van der Waals surface area contributed by atoms with E-state index in [1.807, 2.05) is 0 Å². The van der Waals surface area contributed by atoms with Gasteiger partial charge in [-0.2, -0.15) is 0 Å². The van der Waals surface area contributed by atoms with Crippen LogP contribution in [0.15, 0.2) is 40.1 Å². The summed E-state index contributed by atoms with van der Waals surface area (Å²) in [6.45, 7) is 1.71. The van der Waals surface area contributed by atoms with Gasteiger partial charge in [0.25, 0.3) is 0 Å². The maximum atomic E-state index is 13.8. The molecule has 0 fully saturated rings. The number of benzene rings is 1. The van der Waals surface area contributed by atoms with Gasteiger partial charge < -0.3 is 15.1 Å². The summed E-state index contributed by atoms with van der Waals surface area (Å²) in [5, 5.41) is 7.56. The molecule has 0 radical (unpaired) electrons. The first kappa shape index (κ1) is 19.1. The van der Waals surface area contributed by atoms with Crippen molar-refractivity contribution in [1.29, 1.82) is 0 Å². The monoisotopic (exact) mass is 407 g/mol. The number of thiazole rings is 1. The molecule has 3 aromatic rings. The zero-order valence-corrected chi connectivity index (χ0v) is 15.8. The van der Waals surface area contributed by atoms with Crippen LogP contribution in [0.1, 0.15) is 18.2 Å². The maximum Gasteiger partial charge on any atom is 0.230 e. The molecule has 9 heteroatoms. The molecular formula is C18H15ClFN3O3S. The van der Waals surface area contributed by atoms with Gasteiger partial charge in [0, 0.05) is 22.9 Å². The molecule has 0 bridgehead atoms. The minimum absolute atomic E-state index is 0.141. The second-order valence-electron chi connectivity index (χ2n) is 5.64. The zero-order chi connectivity index (χ0) is 19.4. The van der Waals surface area contributed by atoms with Crippen molar-refractivity contribution < 1.29 is 18.4 Å². The lowest BCUT2D eigenvalue weighted by Gasteiger charge is -2.05. The highest BCUT2D eigenvalue weighted by molar-refractivity contribution is 7.14. The Labute approximate surface area is 163 Å². The highest BCUT2D eigenvalue weighted by atomic mass is 35.5. The predicted molar refractivity (Wildman–Crippen MR) is 101 cm³/mol. The summed E-state index contributed by atoms with van der Waals surface area (Å²) in [5.41, 5.74) is 0.690. The average Bonchev–Trinajstić information content (AvgIpc) is 3.25. The van der Waals surface area contributed by atoms with E-state index in [9.17, 15) is 14.0 Å². The van der Waals surface area contributed by atoms with Gasteiger partial charge in [0.15, 0.2) is 10.9 Å². The minimum atomic E-state index is -0.528. The third kappa shape index (κ3) is 4.93. The summed E-state index contributed by atoms with van der Waals surface area (Å²) >= 11 is 7.16. The van der Waals surface area contributed by atoms with Crippen molar-refractivity contribution >= 4 is 39.9 Å². The van der Waals surface area contributed by atoms with Crippen LogP contribution in [0.3, 0.4) is 0 Å². The first-order valence-electron chi connectivity index (χ1n) is 7.94. The molecule has 0 saturated carbocycles. The number of rotatable bonds is 6. The Hall–Kier alpha value is -2.71. The van der Waals surface area contributed by atoms with Crippen molar-refractivity contribution in [3.63, 3.8) is 0 Å². The molecule has 6 nitrogen and oxygen atoms in total. The smallest absolute Gasteiger partial charge is 0.230 e. The Kier molecular flexibility index (Phi) is 5.88. The highest BCUT2D eigenvalue weighted by Crippen LogP contribution is 2.27. The second-order valence-corrected chi connectivity index (χ2v) is 6.90. The van der Waals surface area contributed by atoms with E-state index >= 15 is 0 Å². The summed E-state index contributed by atoms with van der Waals surface area (Å²) < 4.78 is 19.4. The van der Waals surface area contributed by atoms with E-state index in [0.29, 0.717) is 22.3 Å². The molecular weight excluding hydrogens is 393 g/mol. The van der Waals surface area contributed by atoms with Crippen LogP contribution in [-0.2, 0) is 22.6 Å². The molecule has 2 amide bonds. The van der Waals surface area contributed by atoms with Gasteiger partial charge in [0.05, 0.1) is 13.0 Å². The second kappa shape index (κ2) is 8.32. The highest BCUT2D eigenvalue weighted by Gasteiger charge is 2.15. The number of amides is 2. The van der Waals surface area contributed by atoms with E-state index in [0.717, 1.165) is 0 Å². The van der Waals surface area contributed by atoms with Gasteiger partial charge in [0.2, 0.25) is 11.8 Å². The van der Waals surface area contributed by atoms with Gasteiger partial charge in [0.1, 0.15) is 17.3 Å². The molecule has 1 aromatic carbocycles. The molecule has 0 unspecified atom stereocenters. The molecule has 0 saturated heterocycles. The predicted octanol–water partition coefficient (Wildman–Crippen LogP) is 4.01. The fourth-order valence-electron chi connectivity index (χ4n) is 2.29. The fourth-order valence-corrected chi connectivity index (χ4v) is 3.24. The number of hydrogen-bond acceptors (Lipinski definition) is 5. The number of halogens is 2. The quantitative estimate of drug-likeness (QED) is 0.646. The number of furan rings is 1. The molecule has 2 aromatic heterocycles. The van der Waals surface area contributed by atoms with E-state index in [4.69, 9.17) is 16.0 Å². The van der Waals surface area contributed by atoms with Crippen molar-refractivity contribution in [2.75, 3.05) is 5.32 Å². The van der Waals surface area contributed by atoms with Crippen LogP contribution in [0, 0.1) is 5.82 Å². The standard InChI is InChI=1S/C18H15ClFN3O3S/c1-10(24)21-8-11-5-6-16(26-11)15-9-27-18(22-15)23-17(25)7-12-13(19)3-2-4-14(12)20/h2-6,9H,7-8H2,1H3,(H,21,24)(H,22,23,25). The largest absolute Gasteiger partial charge is 0.458 e. The van der Waals surface area contributed by atoms with E-state index in [1.165, 1.54) is 36.5 Å². The van der Waals surface area contributed by atoms with Gasteiger partial charge in [-0.05, 0) is 24.3 Å². The first-order chi connectivity index (χ1) is 12.9. The maximum absolute atomic E-state index is 13.8. The van der Waals surface area contributed by atoms with Crippen molar-refractivity contribution in [1.82, 2.24) is 10.3 Å². The molecule has 2 N–H and O–H groups in total. The average molecular weight is 408 g/mol. The lowest BCUT2D eigenvalue weighted by molar-refractivity contribution is -0.119. The number of nitrogens with one attached hydrogen (secondary N) is 2. The molecule has 2 heterocycles. The van der Waals surface area contributed by atoms with Gasteiger partial charge >= 0.3 is 0 Å². The molecule has 0 aliphatic carbocycles. The number of aromatic nitrogens is 1. The van der Waals surface area contributed by atoms with Gasteiger partial charge in [-0.3, -0.25) is 9.59 Å². The van der Waals surface area contributed by atoms with Crippen LogP contribution in [0.5, 0.6) is 0 Å². The molecule has 0 aliphatic heterocycles. The molecule has 0 spiro atoms. The van der Waals surface area contributed by atoms with Gasteiger partial charge in [-0.1, -0.05) is 17.7 Å². The van der Waals surface area contributed by atoms with Gasteiger partial charge in [-0.25, -0.2) is 9.37 Å². The molecule has 0 atom stereocenters. The number of carbonyl (C=O) groups excluding carboxylic acids is 2. The minimum Gasteiger partial charge on any atom is -0.458 e. The molecule has 140 valence electrons. The van der Waals surface area contributed by atoms with Crippen LogP contribution in [-0.4, -0.2) is 16.8 Å². The number of nitrogens with zero attached hydrogens (tertiary/aromatic N) is 1. The molecule has 0 aliphatic rings. The number of carbonyl (C=O) groups is 2. The Bertz CT molecular complexity index is 966. The normalized spacial score (nSPS) is 10.6. The Morgan fingerprint density at radius 1 is 1.30 bits per heavy atom. The Morgan fingerprint density at radius 3 is 2.85 bits per heavy atom. The van der Waals surface area contributed by atoms with Crippen molar-refractivity contribution in [3.8, 4) is 11.5 Å². The van der Waals surface area contributed by atoms with E-state index in [1.54, 1.807) is 17.5 Å². The fraction of sp³-hybridized carbons (Fsp3) is 0.167. The Morgan fingerprint density at radius 2 is 2.11 bits per heavy atom. The summed E-state index contributed by atoms with van der Waals surface area (Å²) in [5.74, 6) is 0.00671. The number of anilines is 1. The van der Waals surface area contributed by atoms with Gasteiger partial charge in [-0.15, -0.1) is 11.3 Å². The van der Waals surface area contributed by atoms with Crippen molar-refractivity contribution in [2.24, 2.45) is 0 Å². The van der Waals surface area contributed by atoms with E-state index < -0.39 is 11.7 Å². The molecule has 27 heavy (non-hydrogen) atoms. The molecule has 3 rings (SSSR count). The topological polar surface area (TPSA) is 84.2 Å². The van der Waals surface area contributed by atoms with Crippen molar-refractivity contribution in [3.05, 3.63) is 57.9 Å². The summed E-state index contributed by atoms with van der Waals surface area (Å²) in [6, 6.07) is 7.74. The van der Waals surface area contributed by atoms with E-state index in [2.05, 4.69) is 15.6 Å². The lowest BCUT2D eigenvalue weighted by atomic mass is 10.1. The van der Waals surface area contributed by atoms with Crippen LogP contribution < -0.4 is 10.6 Å². The van der Waals surface area contributed by atoms with Crippen LogP contribution >= 0.6 is 22.9 Å².